The maximum absolute atomic E-state index is 13.9. The van der Waals surface area contributed by atoms with E-state index >= 15 is 0 Å². The fraction of sp³-hybridized carbons (Fsp3) is 0.474. The Bertz CT molecular complexity index is 1810. The van der Waals surface area contributed by atoms with Crippen LogP contribution in [0, 0.1) is 17.3 Å². The molecule has 2 N–H and O–H groups in total. The van der Waals surface area contributed by atoms with Crippen molar-refractivity contribution in [1.29, 1.82) is 0 Å². The number of pyridine rings is 2. The molecule has 256 valence electrons. The van der Waals surface area contributed by atoms with Crippen molar-refractivity contribution < 1.29 is 14.3 Å². The highest BCUT2D eigenvalue weighted by Crippen LogP contribution is 2.65. The van der Waals surface area contributed by atoms with Crippen molar-refractivity contribution in [2.45, 2.75) is 82.4 Å². The Labute approximate surface area is 292 Å². The summed E-state index contributed by atoms with van der Waals surface area (Å²) in [6, 6.07) is 19.5. The van der Waals surface area contributed by atoms with E-state index in [4.69, 9.17) is 24.5 Å². The number of benzene rings is 1. The molecule has 1 aromatic carbocycles. The summed E-state index contributed by atoms with van der Waals surface area (Å²) in [5.74, 6) is 4.41. The molecule has 1 unspecified atom stereocenters. The summed E-state index contributed by atoms with van der Waals surface area (Å²) < 4.78 is 17.0. The Morgan fingerprint density at radius 2 is 1.88 bits per heavy atom. The van der Waals surface area contributed by atoms with Crippen LogP contribution >= 0.6 is 11.9 Å². The third kappa shape index (κ3) is 6.95. The van der Waals surface area contributed by atoms with E-state index in [0.29, 0.717) is 58.4 Å². The molecule has 4 bridgehead atoms. The number of rotatable bonds is 8. The zero-order valence-electron chi connectivity index (χ0n) is 28.4. The van der Waals surface area contributed by atoms with Crippen LogP contribution in [0.3, 0.4) is 0 Å². The van der Waals surface area contributed by atoms with Gasteiger partial charge in [-0.2, -0.15) is 0 Å². The van der Waals surface area contributed by atoms with Gasteiger partial charge in [-0.15, -0.1) is 5.10 Å². The number of carbonyl (C=O) groups is 1. The molecule has 1 amide bonds. The summed E-state index contributed by atoms with van der Waals surface area (Å²) in [6.07, 6.45) is 11.6. The van der Waals surface area contributed by atoms with Crippen molar-refractivity contribution in [3.63, 3.8) is 0 Å². The van der Waals surface area contributed by atoms with E-state index < -0.39 is 0 Å². The lowest BCUT2D eigenvalue weighted by atomic mass is 9.69. The van der Waals surface area contributed by atoms with Crippen molar-refractivity contribution >= 4 is 29.5 Å². The largest absolute Gasteiger partial charge is 0.489 e. The third-order valence-corrected chi connectivity index (χ3v) is 11.7. The highest BCUT2D eigenvalue weighted by molar-refractivity contribution is 7.97. The van der Waals surface area contributed by atoms with Crippen LogP contribution in [0.1, 0.15) is 81.1 Å². The van der Waals surface area contributed by atoms with E-state index in [1.165, 1.54) is 37.6 Å². The van der Waals surface area contributed by atoms with Crippen LogP contribution in [0.25, 0.3) is 5.82 Å². The normalized spacial score (nSPS) is 22.2. The average Bonchev–Trinajstić information content (AvgIpc) is 3.72. The van der Waals surface area contributed by atoms with Gasteiger partial charge in [0.05, 0.1) is 12.2 Å². The minimum atomic E-state index is -0.228. The molecule has 10 nitrogen and oxygen atoms in total. The summed E-state index contributed by atoms with van der Waals surface area (Å²) in [7, 11) is 0. The first kappa shape index (κ1) is 32.0. The molecule has 1 spiro atoms. The number of hydrogen-bond donors (Lipinski definition) is 2. The van der Waals surface area contributed by atoms with Crippen molar-refractivity contribution in [2.75, 3.05) is 29.9 Å². The van der Waals surface area contributed by atoms with Crippen LogP contribution in [-0.2, 0) is 6.61 Å². The van der Waals surface area contributed by atoms with Gasteiger partial charge in [0.2, 0.25) is 5.88 Å². The van der Waals surface area contributed by atoms with E-state index in [0.717, 1.165) is 56.1 Å². The second kappa shape index (κ2) is 13.2. The first-order chi connectivity index (χ1) is 23.8. The summed E-state index contributed by atoms with van der Waals surface area (Å²) in [5, 5.41) is 8.85. The maximum atomic E-state index is 13.9. The lowest BCUT2D eigenvalue weighted by molar-refractivity contribution is 0.0984. The highest BCUT2D eigenvalue weighted by atomic mass is 32.2. The Kier molecular flexibility index (Phi) is 8.63. The van der Waals surface area contributed by atoms with Gasteiger partial charge < -0.3 is 19.7 Å². The quantitative estimate of drug-likeness (QED) is 0.184. The predicted octanol–water partition coefficient (Wildman–Crippen LogP) is 7.45. The number of anilines is 2. The van der Waals surface area contributed by atoms with E-state index in [-0.39, 0.29) is 11.4 Å². The van der Waals surface area contributed by atoms with Gasteiger partial charge in [0.15, 0.2) is 5.82 Å². The number of ether oxygens (including phenoxy) is 2. The van der Waals surface area contributed by atoms with Gasteiger partial charge in [-0.05, 0) is 100 Å². The lowest BCUT2D eigenvalue weighted by Gasteiger charge is -2.37. The Morgan fingerprint density at radius 3 is 2.69 bits per heavy atom. The molecule has 2 aliphatic heterocycles. The molecule has 5 heterocycles. The van der Waals surface area contributed by atoms with Crippen LogP contribution in [0.4, 0.5) is 11.6 Å². The fourth-order valence-corrected chi connectivity index (χ4v) is 8.58. The molecule has 0 radical (unpaired) electrons. The number of fused-ring (bicyclic) bond motifs is 6. The van der Waals surface area contributed by atoms with Gasteiger partial charge in [-0.25, -0.2) is 14.6 Å². The van der Waals surface area contributed by atoms with Gasteiger partial charge in [-0.3, -0.25) is 9.52 Å². The molecular weight excluding hydrogens is 635 g/mol. The minimum absolute atomic E-state index is 0.168. The van der Waals surface area contributed by atoms with E-state index in [2.05, 4.69) is 28.8 Å². The topological polar surface area (TPSA) is 106 Å². The van der Waals surface area contributed by atoms with Crippen molar-refractivity contribution in [2.24, 2.45) is 17.3 Å². The average molecular weight is 680 g/mol. The first-order valence-electron chi connectivity index (χ1n) is 17.7. The van der Waals surface area contributed by atoms with Crippen molar-refractivity contribution in [3.05, 3.63) is 78.0 Å². The number of aromatic nitrogens is 4. The van der Waals surface area contributed by atoms with Crippen LogP contribution < -0.4 is 24.4 Å². The summed E-state index contributed by atoms with van der Waals surface area (Å²) in [6.45, 7) is 7.26. The van der Waals surface area contributed by atoms with E-state index in [1.54, 1.807) is 4.68 Å². The van der Waals surface area contributed by atoms with Crippen LogP contribution in [0.2, 0.25) is 0 Å². The molecule has 11 heteroatoms. The Hall–Kier alpha value is -4.25. The SMILES string of the molecule is CC1(C)C[C@@H]2CCCNc3cc(OCc4ccccc4)cc(n3)SNC(=O)c3ccc(-n4ccc(OCCC5CCC56CC6)n4)nc3N1C2. The molecule has 3 aromatic heterocycles. The standard InChI is InChI=1S/C38H45N7O3S/c1-37(2)23-27-9-6-18-39-31-21-29(48-25-26-7-4-3-5-8-26)22-34(40-31)49-43-36(46)30-10-11-32(41-35(30)44(37)24-27)45-19-13-33(42-45)47-20-14-28-12-15-38(28)16-17-38/h3-5,7-8,10-11,13,19,21-22,27-28H,6,9,12,14-18,20,23-25H2,1-2H3,(H,39,40)(H,43,46)/t27-,28?/m0/s1. The second-order valence-electron chi connectivity index (χ2n) is 14.8. The molecule has 4 aromatic rings. The van der Waals surface area contributed by atoms with Gasteiger partial charge in [-0.1, -0.05) is 30.3 Å². The molecule has 1 saturated heterocycles. The van der Waals surface area contributed by atoms with Crippen LogP contribution in [0.15, 0.2) is 71.9 Å². The summed E-state index contributed by atoms with van der Waals surface area (Å²) in [5.41, 5.74) is 2.09. The molecule has 4 aliphatic rings. The highest BCUT2D eigenvalue weighted by Gasteiger charge is 2.54. The monoisotopic (exact) mass is 679 g/mol. The molecule has 2 aliphatic carbocycles. The van der Waals surface area contributed by atoms with Gasteiger partial charge >= 0.3 is 0 Å². The fourth-order valence-electron chi connectivity index (χ4n) is 7.95. The third-order valence-electron chi connectivity index (χ3n) is 11.0. The van der Waals surface area contributed by atoms with E-state index in [9.17, 15) is 4.79 Å². The number of amides is 1. The second-order valence-corrected chi connectivity index (χ2v) is 15.6. The molecule has 8 rings (SSSR count). The van der Waals surface area contributed by atoms with Crippen molar-refractivity contribution in [3.8, 4) is 17.4 Å². The smallest absolute Gasteiger partial charge is 0.265 e. The van der Waals surface area contributed by atoms with Crippen LogP contribution in [0.5, 0.6) is 11.6 Å². The van der Waals surface area contributed by atoms with E-state index in [1.807, 2.05) is 66.9 Å². The predicted molar refractivity (Wildman–Crippen MR) is 191 cm³/mol. The summed E-state index contributed by atoms with van der Waals surface area (Å²) in [4.78, 5) is 26.1. The zero-order valence-corrected chi connectivity index (χ0v) is 29.2. The molecule has 2 atom stereocenters. The Balaban J connectivity index is 1.03. The minimum Gasteiger partial charge on any atom is -0.489 e. The van der Waals surface area contributed by atoms with Gasteiger partial charge in [0.1, 0.15) is 29.0 Å². The molecule has 49 heavy (non-hydrogen) atoms. The van der Waals surface area contributed by atoms with Crippen molar-refractivity contribution in [1.82, 2.24) is 24.5 Å². The lowest BCUT2D eigenvalue weighted by Crippen LogP contribution is -2.40. The van der Waals surface area contributed by atoms with Crippen LogP contribution in [-0.4, -0.2) is 50.9 Å². The van der Waals surface area contributed by atoms with Gasteiger partial charge in [0.25, 0.3) is 5.91 Å². The maximum Gasteiger partial charge on any atom is 0.265 e. The first-order valence-corrected chi connectivity index (χ1v) is 18.5. The summed E-state index contributed by atoms with van der Waals surface area (Å²) >= 11 is 1.18. The van der Waals surface area contributed by atoms with Gasteiger partial charge in [0, 0.05) is 55.0 Å². The molecular formula is C38H45N7O3S. The zero-order chi connectivity index (χ0) is 33.4. The number of nitrogens with zero attached hydrogens (tertiary/aromatic N) is 5. The number of carbonyl (C=O) groups excluding carboxylic acids is 1. The Morgan fingerprint density at radius 1 is 1.00 bits per heavy atom. The number of nitrogens with one attached hydrogen (secondary N) is 2. The molecule has 2 saturated carbocycles. The molecule has 3 fully saturated rings. The number of hydrogen-bond acceptors (Lipinski definition) is 9.